The second kappa shape index (κ2) is 7.34. The minimum absolute atomic E-state index is 0.246. The highest BCUT2D eigenvalue weighted by Gasteiger charge is 2.31. The quantitative estimate of drug-likeness (QED) is 0.874. The second-order valence-electron chi connectivity index (χ2n) is 6.00. The van der Waals surface area contributed by atoms with E-state index >= 15 is 0 Å². The number of amides is 1. The monoisotopic (exact) mass is 331 g/mol. The van der Waals surface area contributed by atoms with Crippen molar-refractivity contribution in [1.82, 2.24) is 5.32 Å². The number of ether oxygens (including phenoxy) is 2. The fourth-order valence-electron chi connectivity index (χ4n) is 2.32. The third kappa shape index (κ3) is 4.25. The normalized spacial score (nSPS) is 12.4. The molecule has 0 saturated carbocycles. The Labute approximate surface area is 141 Å². The molecule has 0 heterocycles. The van der Waals surface area contributed by atoms with E-state index in [1.165, 1.54) is 24.3 Å². The van der Waals surface area contributed by atoms with E-state index in [0.717, 1.165) is 5.56 Å². The van der Waals surface area contributed by atoms with Gasteiger partial charge in [-0.15, -0.1) is 0 Å². The molecular weight excluding hydrogens is 309 g/mol. The first-order valence-corrected chi connectivity index (χ1v) is 7.72. The average molecular weight is 331 g/mol. The van der Waals surface area contributed by atoms with Crippen molar-refractivity contribution in [2.24, 2.45) is 0 Å². The van der Waals surface area contributed by atoms with Crippen molar-refractivity contribution in [2.45, 2.75) is 32.4 Å². The molecule has 0 fully saturated rings. The number of methoxy groups -OCH3 is 1. The van der Waals surface area contributed by atoms with Crippen LogP contribution in [0.3, 0.4) is 0 Å². The lowest BCUT2D eigenvalue weighted by molar-refractivity contribution is -0.134. The maximum atomic E-state index is 13.0. The molecule has 0 aromatic heterocycles. The predicted octanol–water partition coefficient (Wildman–Crippen LogP) is 3.87. The van der Waals surface area contributed by atoms with Crippen LogP contribution < -0.4 is 14.8 Å². The van der Waals surface area contributed by atoms with Crippen molar-refractivity contribution >= 4 is 5.91 Å². The van der Waals surface area contributed by atoms with E-state index < -0.39 is 5.60 Å². The van der Waals surface area contributed by atoms with Gasteiger partial charge in [-0.2, -0.15) is 0 Å². The lowest BCUT2D eigenvalue weighted by Gasteiger charge is -2.27. The number of hydrogen-bond donors (Lipinski definition) is 1. The Morgan fingerprint density at radius 1 is 1.12 bits per heavy atom. The van der Waals surface area contributed by atoms with Gasteiger partial charge >= 0.3 is 0 Å². The van der Waals surface area contributed by atoms with Crippen molar-refractivity contribution in [3.05, 3.63) is 59.9 Å². The molecule has 5 heteroatoms. The van der Waals surface area contributed by atoms with E-state index in [2.05, 4.69) is 5.32 Å². The lowest BCUT2D eigenvalue weighted by Crippen LogP contribution is -2.47. The van der Waals surface area contributed by atoms with Gasteiger partial charge < -0.3 is 14.8 Å². The Kier molecular flexibility index (Phi) is 5.44. The molecule has 0 radical (unpaired) electrons. The second-order valence-corrected chi connectivity index (χ2v) is 6.00. The Bertz CT molecular complexity index is 698. The highest BCUT2D eigenvalue weighted by Crippen LogP contribution is 2.25. The predicted molar refractivity (Wildman–Crippen MR) is 90.7 cm³/mol. The van der Waals surface area contributed by atoms with Gasteiger partial charge in [-0.05, 0) is 51.1 Å². The molecule has 128 valence electrons. The Balaban J connectivity index is 2.08. The molecule has 0 bridgehead atoms. The van der Waals surface area contributed by atoms with Crippen molar-refractivity contribution < 1.29 is 18.7 Å². The Morgan fingerprint density at radius 3 is 2.38 bits per heavy atom. The van der Waals surface area contributed by atoms with Crippen LogP contribution >= 0.6 is 0 Å². The standard InChI is InChI=1S/C19H22FNO3/c1-13(16-7-5-6-8-17(16)23-4)21-18(22)19(2,3)24-15-11-9-14(20)10-12-15/h5-13H,1-4H3,(H,21,22)/t13-/m1/s1. The summed E-state index contributed by atoms with van der Waals surface area (Å²) in [4.78, 5) is 12.6. The zero-order valence-corrected chi connectivity index (χ0v) is 14.3. The summed E-state index contributed by atoms with van der Waals surface area (Å²) >= 11 is 0. The van der Waals surface area contributed by atoms with E-state index in [9.17, 15) is 9.18 Å². The zero-order chi connectivity index (χ0) is 17.7. The molecule has 0 aliphatic heterocycles. The number of para-hydroxylation sites is 1. The Morgan fingerprint density at radius 2 is 1.75 bits per heavy atom. The summed E-state index contributed by atoms with van der Waals surface area (Å²) in [6, 6.07) is 12.8. The third-order valence-electron chi connectivity index (χ3n) is 3.69. The van der Waals surface area contributed by atoms with Crippen LogP contribution in [0.4, 0.5) is 4.39 Å². The molecular formula is C19H22FNO3. The van der Waals surface area contributed by atoms with Crippen LogP contribution in [0.25, 0.3) is 0 Å². The maximum Gasteiger partial charge on any atom is 0.264 e. The minimum atomic E-state index is -1.10. The van der Waals surface area contributed by atoms with E-state index in [1.807, 2.05) is 31.2 Å². The van der Waals surface area contributed by atoms with Crippen LogP contribution in [0.2, 0.25) is 0 Å². The number of hydrogen-bond acceptors (Lipinski definition) is 3. The highest BCUT2D eigenvalue weighted by atomic mass is 19.1. The maximum absolute atomic E-state index is 13.0. The summed E-state index contributed by atoms with van der Waals surface area (Å²) in [6.45, 7) is 5.21. The van der Waals surface area contributed by atoms with E-state index in [0.29, 0.717) is 11.5 Å². The molecule has 0 aliphatic carbocycles. The van der Waals surface area contributed by atoms with E-state index in [1.54, 1.807) is 21.0 Å². The molecule has 2 aromatic rings. The van der Waals surface area contributed by atoms with Gasteiger partial charge in [0, 0.05) is 5.56 Å². The van der Waals surface area contributed by atoms with E-state index in [4.69, 9.17) is 9.47 Å². The first-order chi connectivity index (χ1) is 11.3. The summed E-state index contributed by atoms with van der Waals surface area (Å²) in [5.41, 5.74) is -0.223. The topological polar surface area (TPSA) is 47.6 Å². The number of carbonyl (C=O) groups excluding carboxylic acids is 1. The van der Waals surface area contributed by atoms with E-state index in [-0.39, 0.29) is 17.8 Å². The van der Waals surface area contributed by atoms with Gasteiger partial charge in [0.25, 0.3) is 5.91 Å². The van der Waals surface area contributed by atoms with Crippen LogP contribution in [0.5, 0.6) is 11.5 Å². The number of rotatable bonds is 6. The van der Waals surface area contributed by atoms with Gasteiger partial charge in [-0.3, -0.25) is 4.79 Å². The average Bonchev–Trinajstić information content (AvgIpc) is 2.56. The molecule has 1 amide bonds. The molecule has 2 aromatic carbocycles. The Hall–Kier alpha value is -2.56. The largest absolute Gasteiger partial charge is 0.496 e. The van der Waals surface area contributed by atoms with Gasteiger partial charge in [-0.25, -0.2) is 4.39 Å². The van der Waals surface area contributed by atoms with Gasteiger partial charge in [-0.1, -0.05) is 18.2 Å². The van der Waals surface area contributed by atoms with Crippen LogP contribution in [-0.4, -0.2) is 18.6 Å². The number of carbonyl (C=O) groups is 1. The first-order valence-electron chi connectivity index (χ1n) is 7.72. The van der Waals surface area contributed by atoms with Crippen molar-refractivity contribution in [3.63, 3.8) is 0 Å². The molecule has 4 nitrogen and oxygen atoms in total. The van der Waals surface area contributed by atoms with Crippen LogP contribution in [-0.2, 0) is 4.79 Å². The van der Waals surface area contributed by atoms with Crippen LogP contribution in [0, 0.1) is 5.82 Å². The molecule has 0 aliphatic rings. The molecule has 24 heavy (non-hydrogen) atoms. The van der Waals surface area contributed by atoms with Gasteiger partial charge in [0.15, 0.2) is 5.60 Å². The molecule has 0 spiro atoms. The summed E-state index contributed by atoms with van der Waals surface area (Å²) in [6.07, 6.45) is 0. The van der Waals surface area contributed by atoms with Gasteiger partial charge in [0.2, 0.25) is 0 Å². The number of halogens is 1. The zero-order valence-electron chi connectivity index (χ0n) is 14.3. The molecule has 1 N–H and O–H groups in total. The fourth-order valence-corrected chi connectivity index (χ4v) is 2.32. The molecule has 0 unspecified atom stereocenters. The van der Waals surface area contributed by atoms with Gasteiger partial charge in [0.05, 0.1) is 13.2 Å². The minimum Gasteiger partial charge on any atom is -0.496 e. The number of benzene rings is 2. The van der Waals surface area contributed by atoms with Crippen LogP contribution in [0.15, 0.2) is 48.5 Å². The smallest absolute Gasteiger partial charge is 0.264 e. The lowest BCUT2D eigenvalue weighted by atomic mass is 10.0. The number of nitrogens with one attached hydrogen (secondary N) is 1. The fraction of sp³-hybridized carbons (Fsp3) is 0.316. The SMILES string of the molecule is COc1ccccc1[C@@H](C)NC(=O)C(C)(C)Oc1ccc(F)cc1. The first kappa shape index (κ1) is 17.8. The molecule has 0 saturated heterocycles. The summed E-state index contributed by atoms with van der Waals surface area (Å²) < 4.78 is 24.0. The van der Waals surface area contributed by atoms with Crippen molar-refractivity contribution in [1.29, 1.82) is 0 Å². The van der Waals surface area contributed by atoms with Crippen LogP contribution in [0.1, 0.15) is 32.4 Å². The molecule has 2 rings (SSSR count). The molecule has 1 atom stereocenters. The third-order valence-corrected chi connectivity index (χ3v) is 3.69. The summed E-state index contributed by atoms with van der Waals surface area (Å²) in [5, 5.41) is 2.92. The summed E-state index contributed by atoms with van der Waals surface area (Å²) in [5.74, 6) is 0.517. The summed E-state index contributed by atoms with van der Waals surface area (Å²) in [7, 11) is 1.59. The van der Waals surface area contributed by atoms with Crippen molar-refractivity contribution in [3.8, 4) is 11.5 Å². The van der Waals surface area contributed by atoms with Crippen molar-refractivity contribution in [2.75, 3.05) is 7.11 Å². The van der Waals surface area contributed by atoms with Gasteiger partial charge in [0.1, 0.15) is 17.3 Å². The highest BCUT2D eigenvalue weighted by molar-refractivity contribution is 5.85.